The van der Waals surface area contributed by atoms with Gasteiger partial charge in [0.05, 0.1) is 0 Å². The fourth-order valence-electron chi connectivity index (χ4n) is 5.02. The maximum Gasteiger partial charge on any atom is 0.126 e. The monoisotopic (exact) mass is 631 g/mol. The third-order valence-electron chi connectivity index (χ3n) is 8.09. The van der Waals surface area contributed by atoms with Crippen LogP contribution in [0, 0.1) is 6.92 Å². The standard InChI is InChI=1S/C16H26O.C16H24O.C10H14.C2H6/c2*1-8-11-9-12(15(2,3)4)10-13(14(11)17)16(5,6)7;1-8(2)10-7-5-4-6-9(10)3;1-2/h9-10,17H,8H2,1-7H3;8-10,17H,1H2,2-7H3;4-8H,1-3H3;1-2H3. The van der Waals surface area contributed by atoms with Gasteiger partial charge in [-0.25, -0.2) is 0 Å². The fraction of sp³-hybridized carbons (Fsp3) is 0.545. The van der Waals surface area contributed by atoms with Gasteiger partial charge in [0.25, 0.3) is 0 Å². The van der Waals surface area contributed by atoms with Crippen molar-refractivity contribution in [3.63, 3.8) is 0 Å². The van der Waals surface area contributed by atoms with Gasteiger partial charge in [0, 0.05) is 11.1 Å². The first-order chi connectivity index (χ1) is 20.9. The molecule has 0 aliphatic rings. The number of phenolic OH excluding ortho intramolecular Hbond substituents is 2. The SMILES string of the molecule is C=Cc1cc(C(C)(C)C)cc(C(C)(C)C)c1O.CC.CCc1cc(C(C)(C)C)cc(C(C)(C)C)c1O.Cc1ccccc1C(C)C. The van der Waals surface area contributed by atoms with Crippen LogP contribution in [0.2, 0.25) is 0 Å². The minimum Gasteiger partial charge on any atom is -0.507 e. The van der Waals surface area contributed by atoms with Gasteiger partial charge in [0.2, 0.25) is 0 Å². The Morgan fingerprint density at radius 3 is 1.39 bits per heavy atom. The molecule has 0 radical (unpaired) electrons. The molecule has 3 rings (SSSR count). The summed E-state index contributed by atoms with van der Waals surface area (Å²) < 4.78 is 0. The van der Waals surface area contributed by atoms with Gasteiger partial charge >= 0.3 is 0 Å². The van der Waals surface area contributed by atoms with Crippen LogP contribution in [0.15, 0.2) is 55.1 Å². The van der Waals surface area contributed by atoms with Gasteiger partial charge in [-0.1, -0.05) is 173 Å². The molecule has 0 heterocycles. The molecule has 0 fully saturated rings. The molecular weight excluding hydrogens is 560 g/mol. The zero-order chi connectivity index (χ0) is 36.4. The van der Waals surface area contributed by atoms with Gasteiger partial charge in [-0.15, -0.1) is 0 Å². The first-order valence-electron chi connectivity index (χ1n) is 17.3. The molecule has 0 unspecified atom stereocenters. The highest BCUT2D eigenvalue weighted by atomic mass is 16.3. The van der Waals surface area contributed by atoms with E-state index in [4.69, 9.17) is 0 Å². The largest absolute Gasteiger partial charge is 0.507 e. The summed E-state index contributed by atoms with van der Waals surface area (Å²) in [6, 6.07) is 17.0. The van der Waals surface area contributed by atoms with Gasteiger partial charge in [-0.2, -0.15) is 0 Å². The number of phenols is 2. The summed E-state index contributed by atoms with van der Waals surface area (Å²) in [6.07, 6.45) is 2.60. The zero-order valence-corrected chi connectivity index (χ0v) is 33.1. The minimum atomic E-state index is -0.0664. The highest BCUT2D eigenvalue weighted by Crippen LogP contribution is 2.39. The van der Waals surface area contributed by atoms with E-state index < -0.39 is 0 Å². The molecule has 0 aliphatic heterocycles. The number of benzene rings is 3. The van der Waals surface area contributed by atoms with Gasteiger partial charge < -0.3 is 10.2 Å². The summed E-state index contributed by atoms with van der Waals surface area (Å²) in [5, 5.41) is 20.6. The lowest BCUT2D eigenvalue weighted by Crippen LogP contribution is -2.17. The molecule has 0 bridgehead atoms. The number of hydrogen-bond acceptors (Lipinski definition) is 2. The van der Waals surface area contributed by atoms with E-state index in [-0.39, 0.29) is 21.7 Å². The van der Waals surface area contributed by atoms with Crippen molar-refractivity contribution >= 4 is 6.08 Å². The van der Waals surface area contributed by atoms with Crippen LogP contribution in [0.5, 0.6) is 11.5 Å². The second-order valence-corrected chi connectivity index (χ2v) is 16.6. The van der Waals surface area contributed by atoms with Crippen molar-refractivity contribution in [2.24, 2.45) is 0 Å². The smallest absolute Gasteiger partial charge is 0.126 e. The lowest BCUT2D eigenvalue weighted by atomic mass is 9.78. The van der Waals surface area contributed by atoms with Crippen molar-refractivity contribution in [3.8, 4) is 11.5 Å². The molecule has 0 spiro atoms. The Balaban J connectivity index is 0.000000663. The molecule has 0 saturated heterocycles. The average Bonchev–Trinajstić information content (AvgIpc) is 2.92. The Labute approximate surface area is 285 Å². The first-order valence-corrected chi connectivity index (χ1v) is 17.3. The predicted octanol–water partition coefficient (Wildman–Crippen LogP) is 13.3. The molecule has 258 valence electrons. The van der Waals surface area contributed by atoms with E-state index in [1.807, 2.05) is 19.9 Å². The Bertz CT molecular complexity index is 1380. The topological polar surface area (TPSA) is 40.5 Å². The number of aryl methyl sites for hydroxylation is 2. The maximum atomic E-state index is 10.3. The summed E-state index contributed by atoms with van der Waals surface area (Å²) in [4.78, 5) is 0. The van der Waals surface area contributed by atoms with Gasteiger partial charge in [0.15, 0.2) is 0 Å². The summed E-state index contributed by atoms with van der Waals surface area (Å²) in [5.41, 5.74) is 9.43. The van der Waals surface area contributed by atoms with E-state index in [1.54, 1.807) is 6.08 Å². The molecule has 2 heteroatoms. The van der Waals surface area contributed by atoms with E-state index >= 15 is 0 Å². The van der Waals surface area contributed by atoms with Gasteiger partial charge in [-0.05, 0) is 80.4 Å². The van der Waals surface area contributed by atoms with Crippen molar-refractivity contribution in [2.75, 3.05) is 0 Å². The van der Waals surface area contributed by atoms with Crippen molar-refractivity contribution in [1.29, 1.82) is 0 Å². The van der Waals surface area contributed by atoms with Crippen molar-refractivity contribution in [3.05, 3.63) is 99.6 Å². The second-order valence-electron chi connectivity index (χ2n) is 16.6. The van der Waals surface area contributed by atoms with Gasteiger partial charge in [0.1, 0.15) is 11.5 Å². The van der Waals surface area contributed by atoms with E-state index in [9.17, 15) is 10.2 Å². The van der Waals surface area contributed by atoms with Crippen LogP contribution in [0.25, 0.3) is 6.08 Å². The summed E-state index contributed by atoms with van der Waals surface area (Å²) in [5.74, 6) is 1.50. The minimum absolute atomic E-state index is 0.0186. The molecule has 0 aliphatic carbocycles. The molecule has 46 heavy (non-hydrogen) atoms. The van der Waals surface area contributed by atoms with Crippen LogP contribution in [0.4, 0.5) is 0 Å². The van der Waals surface area contributed by atoms with E-state index in [2.05, 4.69) is 160 Å². The normalized spacial score (nSPS) is 11.8. The van der Waals surface area contributed by atoms with E-state index in [1.165, 1.54) is 22.3 Å². The molecule has 3 aromatic carbocycles. The quantitative estimate of drug-likeness (QED) is 0.302. The lowest BCUT2D eigenvalue weighted by molar-refractivity contribution is 0.438. The van der Waals surface area contributed by atoms with Crippen LogP contribution in [-0.2, 0) is 28.1 Å². The number of aromatic hydroxyl groups is 2. The highest BCUT2D eigenvalue weighted by Gasteiger charge is 2.25. The summed E-state index contributed by atoms with van der Waals surface area (Å²) in [6.45, 7) is 42.4. The maximum absolute atomic E-state index is 10.3. The van der Waals surface area contributed by atoms with E-state index in [0.717, 1.165) is 28.7 Å². The van der Waals surface area contributed by atoms with Gasteiger partial charge in [-0.3, -0.25) is 0 Å². The van der Waals surface area contributed by atoms with Crippen LogP contribution in [-0.4, -0.2) is 10.2 Å². The molecule has 0 saturated carbocycles. The molecule has 2 N–H and O–H groups in total. The number of rotatable bonds is 3. The van der Waals surface area contributed by atoms with Crippen molar-refractivity contribution < 1.29 is 10.2 Å². The van der Waals surface area contributed by atoms with Crippen LogP contribution >= 0.6 is 0 Å². The molecule has 2 nitrogen and oxygen atoms in total. The lowest BCUT2D eigenvalue weighted by Gasteiger charge is -2.27. The second kappa shape index (κ2) is 17.2. The number of hydrogen-bond donors (Lipinski definition) is 2. The summed E-state index contributed by atoms with van der Waals surface area (Å²) in [7, 11) is 0. The Morgan fingerprint density at radius 1 is 0.652 bits per heavy atom. The van der Waals surface area contributed by atoms with Crippen molar-refractivity contribution in [2.45, 2.75) is 159 Å². The fourth-order valence-corrected chi connectivity index (χ4v) is 5.02. The van der Waals surface area contributed by atoms with Crippen LogP contribution in [0.3, 0.4) is 0 Å². The van der Waals surface area contributed by atoms with Crippen LogP contribution in [0.1, 0.15) is 168 Å². The zero-order valence-electron chi connectivity index (χ0n) is 33.1. The Morgan fingerprint density at radius 2 is 1.07 bits per heavy atom. The molecule has 0 amide bonds. The molecule has 3 aromatic rings. The molecule has 0 aromatic heterocycles. The highest BCUT2D eigenvalue weighted by molar-refractivity contribution is 5.61. The Hall–Kier alpha value is -3.00. The third-order valence-corrected chi connectivity index (χ3v) is 8.09. The molecule has 0 atom stereocenters. The summed E-state index contributed by atoms with van der Waals surface area (Å²) >= 11 is 0. The van der Waals surface area contributed by atoms with Crippen molar-refractivity contribution in [1.82, 2.24) is 0 Å². The predicted molar refractivity (Wildman–Crippen MR) is 207 cm³/mol. The van der Waals surface area contributed by atoms with Crippen LogP contribution < -0.4 is 0 Å². The van der Waals surface area contributed by atoms with E-state index in [0.29, 0.717) is 17.4 Å². The molecular formula is C44H70O2. The third kappa shape index (κ3) is 12.7. The average molecular weight is 631 g/mol. The first kappa shape index (κ1) is 43.0. The Kier molecular flexibility index (Phi) is 16.1.